The van der Waals surface area contributed by atoms with E-state index < -0.39 is 0 Å². The molecule has 0 radical (unpaired) electrons. The quantitative estimate of drug-likeness (QED) is 0.642. The van der Waals surface area contributed by atoms with Gasteiger partial charge in [-0.2, -0.15) is 0 Å². The average molecular weight is 270 g/mol. The van der Waals surface area contributed by atoms with E-state index >= 15 is 0 Å². The molecule has 112 valence electrons. The molecule has 19 heavy (non-hydrogen) atoms. The highest BCUT2D eigenvalue weighted by Gasteiger charge is 2.38. The lowest BCUT2D eigenvalue weighted by Crippen LogP contribution is -2.46. The summed E-state index contributed by atoms with van der Waals surface area (Å²) in [7, 11) is 0. The first-order valence-corrected chi connectivity index (χ1v) is 7.91. The van der Waals surface area contributed by atoms with Crippen LogP contribution in [-0.2, 0) is 14.2 Å². The van der Waals surface area contributed by atoms with Crippen LogP contribution in [0, 0.1) is 10.8 Å². The van der Waals surface area contributed by atoms with Crippen LogP contribution >= 0.6 is 0 Å². The van der Waals surface area contributed by atoms with Crippen molar-refractivity contribution < 1.29 is 14.2 Å². The van der Waals surface area contributed by atoms with Crippen LogP contribution in [0.5, 0.6) is 0 Å². The third-order valence-electron chi connectivity index (χ3n) is 5.17. The van der Waals surface area contributed by atoms with Gasteiger partial charge in [-0.05, 0) is 38.0 Å². The third kappa shape index (κ3) is 3.71. The maximum absolute atomic E-state index is 5.94. The summed E-state index contributed by atoms with van der Waals surface area (Å²) in [5, 5.41) is 0. The Balaban J connectivity index is 1.58. The van der Waals surface area contributed by atoms with Gasteiger partial charge in [-0.3, -0.25) is 0 Å². The molecule has 0 bridgehead atoms. The number of hydrogen-bond acceptors (Lipinski definition) is 3. The van der Waals surface area contributed by atoms with Gasteiger partial charge in [-0.25, -0.2) is 0 Å². The minimum Gasteiger partial charge on any atom is -0.380 e. The average Bonchev–Trinajstić information content (AvgIpc) is 2.32. The van der Waals surface area contributed by atoms with Crippen LogP contribution in [-0.4, -0.2) is 39.1 Å². The van der Waals surface area contributed by atoms with E-state index in [-0.39, 0.29) is 11.5 Å². The van der Waals surface area contributed by atoms with Crippen molar-refractivity contribution in [2.45, 2.75) is 59.0 Å². The van der Waals surface area contributed by atoms with E-state index in [1.54, 1.807) is 0 Å². The van der Waals surface area contributed by atoms with Crippen molar-refractivity contribution >= 4 is 0 Å². The molecule has 0 aromatic rings. The molecule has 0 N–H and O–H groups in total. The van der Waals surface area contributed by atoms with Gasteiger partial charge >= 0.3 is 0 Å². The summed E-state index contributed by atoms with van der Waals surface area (Å²) in [6, 6.07) is 0. The first-order chi connectivity index (χ1) is 9.14. The summed E-state index contributed by atoms with van der Waals surface area (Å²) in [6.45, 7) is 10.8. The van der Waals surface area contributed by atoms with Gasteiger partial charge in [0.25, 0.3) is 0 Å². The van der Waals surface area contributed by atoms with Crippen LogP contribution in [0.3, 0.4) is 0 Å². The van der Waals surface area contributed by atoms with Crippen LogP contribution in [0.2, 0.25) is 0 Å². The number of hydrogen-bond donors (Lipinski definition) is 0. The van der Waals surface area contributed by atoms with Crippen molar-refractivity contribution in [2.24, 2.45) is 10.8 Å². The fraction of sp³-hybridized carbons (Fsp3) is 1.00. The van der Waals surface area contributed by atoms with Crippen LogP contribution in [0.15, 0.2) is 0 Å². The van der Waals surface area contributed by atoms with Gasteiger partial charge < -0.3 is 14.2 Å². The standard InChI is InChI=1S/C16H30O3/c1-4-15(7-6-8-15)10-17-9-14(3)19-13-16(5-2)11-18-12-16/h14H,4-13H2,1-3H3. The minimum absolute atomic E-state index is 0.193. The van der Waals surface area contributed by atoms with E-state index in [4.69, 9.17) is 14.2 Å². The lowest BCUT2D eigenvalue weighted by atomic mass is 9.68. The largest absolute Gasteiger partial charge is 0.380 e. The van der Waals surface area contributed by atoms with Crippen molar-refractivity contribution in [2.75, 3.05) is 33.0 Å². The summed E-state index contributed by atoms with van der Waals surface area (Å²) in [5.41, 5.74) is 0.777. The maximum Gasteiger partial charge on any atom is 0.0780 e. The minimum atomic E-state index is 0.193. The van der Waals surface area contributed by atoms with Crippen molar-refractivity contribution in [1.82, 2.24) is 0 Å². The summed E-state index contributed by atoms with van der Waals surface area (Å²) < 4.78 is 17.1. The lowest BCUT2D eigenvalue weighted by Gasteiger charge is -2.42. The van der Waals surface area contributed by atoms with Gasteiger partial charge in [0.15, 0.2) is 0 Å². The second kappa shape index (κ2) is 6.55. The molecule has 1 aliphatic carbocycles. The Morgan fingerprint density at radius 3 is 2.16 bits per heavy atom. The topological polar surface area (TPSA) is 27.7 Å². The van der Waals surface area contributed by atoms with Gasteiger partial charge in [0.05, 0.1) is 39.1 Å². The molecule has 1 heterocycles. The monoisotopic (exact) mass is 270 g/mol. The van der Waals surface area contributed by atoms with E-state index in [1.165, 1.54) is 25.7 Å². The van der Waals surface area contributed by atoms with Crippen LogP contribution in [0.4, 0.5) is 0 Å². The second-order valence-electron chi connectivity index (χ2n) is 6.69. The fourth-order valence-electron chi connectivity index (χ4n) is 2.87. The van der Waals surface area contributed by atoms with Crippen LogP contribution in [0.1, 0.15) is 52.9 Å². The molecule has 0 amide bonds. The molecule has 1 saturated heterocycles. The molecule has 1 aliphatic heterocycles. The molecular formula is C16H30O3. The maximum atomic E-state index is 5.94. The van der Waals surface area contributed by atoms with Gasteiger partial charge in [0.1, 0.15) is 0 Å². The zero-order valence-corrected chi connectivity index (χ0v) is 12.9. The predicted molar refractivity (Wildman–Crippen MR) is 76.4 cm³/mol. The molecule has 2 fully saturated rings. The van der Waals surface area contributed by atoms with Crippen molar-refractivity contribution in [3.8, 4) is 0 Å². The lowest BCUT2D eigenvalue weighted by molar-refractivity contribution is -0.165. The molecule has 0 aromatic heterocycles. The van der Waals surface area contributed by atoms with Gasteiger partial charge in [-0.1, -0.05) is 20.3 Å². The highest BCUT2D eigenvalue weighted by atomic mass is 16.5. The molecule has 1 unspecified atom stereocenters. The third-order valence-corrected chi connectivity index (χ3v) is 5.17. The Kier molecular flexibility index (Phi) is 5.27. The van der Waals surface area contributed by atoms with Crippen LogP contribution < -0.4 is 0 Å². The SMILES string of the molecule is CCC1(COCC(C)OCC2(CC)COC2)CCC1. The number of ether oxygens (including phenoxy) is 3. The summed E-state index contributed by atoms with van der Waals surface area (Å²) >= 11 is 0. The van der Waals surface area contributed by atoms with Gasteiger partial charge in [0, 0.05) is 5.41 Å². The van der Waals surface area contributed by atoms with Crippen molar-refractivity contribution in [1.29, 1.82) is 0 Å². The zero-order chi connectivity index (χ0) is 13.8. The van der Waals surface area contributed by atoms with Gasteiger partial charge in [0.2, 0.25) is 0 Å². The Morgan fingerprint density at radius 1 is 1.05 bits per heavy atom. The van der Waals surface area contributed by atoms with E-state index in [0.717, 1.165) is 39.5 Å². The zero-order valence-electron chi connectivity index (χ0n) is 12.9. The molecule has 1 saturated carbocycles. The van der Waals surface area contributed by atoms with Crippen molar-refractivity contribution in [3.05, 3.63) is 0 Å². The molecular weight excluding hydrogens is 240 g/mol. The highest BCUT2D eigenvalue weighted by molar-refractivity contribution is 4.86. The predicted octanol–water partition coefficient (Wildman–Crippen LogP) is 3.42. The van der Waals surface area contributed by atoms with Gasteiger partial charge in [-0.15, -0.1) is 0 Å². The second-order valence-corrected chi connectivity index (χ2v) is 6.69. The fourth-order valence-corrected chi connectivity index (χ4v) is 2.87. The first kappa shape index (κ1) is 15.3. The van der Waals surface area contributed by atoms with E-state index in [2.05, 4.69) is 20.8 Å². The van der Waals surface area contributed by atoms with E-state index in [1.807, 2.05) is 0 Å². The number of rotatable bonds is 9. The highest BCUT2D eigenvalue weighted by Crippen LogP contribution is 2.43. The van der Waals surface area contributed by atoms with Crippen molar-refractivity contribution in [3.63, 3.8) is 0 Å². The molecule has 1 atom stereocenters. The van der Waals surface area contributed by atoms with E-state index in [9.17, 15) is 0 Å². The Morgan fingerprint density at radius 2 is 1.74 bits per heavy atom. The Hall–Kier alpha value is -0.120. The Labute approximate surface area is 118 Å². The molecule has 3 heteroatoms. The normalized spacial score (nSPS) is 25.4. The molecule has 2 aliphatic rings. The van der Waals surface area contributed by atoms with Crippen LogP contribution in [0.25, 0.3) is 0 Å². The first-order valence-electron chi connectivity index (χ1n) is 7.91. The molecule has 0 aromatic carbocycles. The van der Waals surface area contributed by atoms with E-state index in [0.29, 0.717) is 5.41 Å². The summed E-state index contributed by atoms with van der Waals surface area (Å²) in [6.07, 6.45) is 6.64. The Bertz CT molecular complexity index is 258. The summed E-state index contributed by atoms with van der Waals surface area (Å²) in [5.74, 6) is 0. The summed E-state index contributed by atoms with van der Waals surface area (Å²) in [4.78, 5) is 0. The molecule has 0 spiro atoms. The molecule has 3 nitrogen and oxygen atoms in total. The smallest absolute Gasteiger partial charge is 0.0780 e. The molecule has 2 rings (SSSR count).